The molecule has 22 heavy (non-hydrogen) atoms. The number of anilines is 1. The predicted octanol–water partition coefficient (Wildman–Crippen LogP) is 3.69. The van der Waals surface area contributed by atoms with E-state index < -0.39 is 0 Å². The van der Waals surface area contributed by atoms with Gasteiger partial charge in [-0.05, 0) is 42.8 Å². The molecule has 0 unspecified atom stereocenters. The molecule has 114 valence electrons. The zero-order chi connectivity index (χ0) is 15.8. The van der Waals surface area contributed by atoms with E-state index in [1.165, 1.54) is 0 Å². The molecule has 4 heteroatoms. The molecular weight excluding hydrogens is 278 g/mol. The van der Waals surface area contributed by atoms with Crippen LogP contribution in [0.4, 0.5) is 5.69 Å². The van der Waals surface area contributed by atoms with Gasteiger partial charge in [-0.3, -0.25) is 9.59 Å². The van der Waals surface area contributed by atoms with E-state index in [9.17, 15) is 9.59 Å². The van der Waals surface area contributed by atoms with Crippen molar-refractivity contribution in [1.82, 2.24) is 0 Å². The fraction of sp³-hybridized carbons (Fsp3) is 0.222. The van der Waals surface area contributed by atoms with Gasteiger partial charge in [-0.25, -0.2) is 0 Å². The van der Waals surface area contributed by atoms with Crippen molar-refractivity contribution in [2.24, 2.45) is 0 Å². The Morgan fingerprint density at radius 2 is 1.64 bits per heavy atom. The molecule has 0 atom stereocenters. The Bertz CT molecular complexity index is 621. The van der Waals surface area contributed by atoms with E-state index in [1.807, 2.05) is 30.3 Å². The van der Waals surface area contributed by atoms with Gasteiger partial charge in [0.05, 0.1) is 7.11 Å². The second-order valence-electron chi connectivity index (χ2n) is 4.92. The van der Waals surface area contributed by atoms with Crippen molar-refractivity contribution < 1.29 is 14.3 Å². The molecule has 1 N–H and O–H groups in total. The van der Waals surface area contributed by atoms with Gasteiger partial charge in [0.25, 0.3) is 0 Å². The van der Waals surface area contributed by atoms with Crippen molar-refractivity contribution >= 4 is 17.4 Å². The maximum atomic E-state index is 12.0. The lowest BCUT2D eigenvalue weighted by Gasteiger charge is -2.05. The van der Waals surface area contributed by atoms with Crippen molar-refractivity contribution in [2.75, 3.05) is 12.4 Å². The number of ether oxygens (including phenoxy) is 1. The van der Waals surface area contributed by atoms with Crippen LogP contribution in [-0.4, -0.2) is 18.8 Å². The summed E-state index contributed by atoms with van der Waals surface area (Å²) in [6.07, 6.45) is 1.22. The van der Waals surface area contributed by atoms with Gasteiger partial charge in [0.15, 0.2) is 5.78 Å². The lowest BCUT2D eigenvalue weighted by molar-refractivity contribution is -0.116. The third-order valence-corrected chi connectivity index (χ3v) is 3.28. The maximum absolute atomic E-state index is 12.0. The molecular formula is C18H19NO3. The number of hydrogen-bond donors (Lipinski definition) is 1. The number of carbonyl (C=O) groups is 2. The Morgan fingerprint density at radius 1 is 0.955 bits per heavy atom. The molecule has 0 bridgehead atoms. The summed E-state index contributed by atoms with van der Waals surface area (Å²) < 4.78 is 5.05. The molecule has 4 nitrogen and oxygen atoms in total. The molecule has 0 radical (unpaired) electrons. The summed E-state index contributed by atoms with van der Waals surface area (Å²) in [6, 6.07) is 16.3. The molecule has 0 saturated heterocycles. The fourth-order valence-electron chi connectivity index (χ4n) is 2.08. The van der Waals surface area contributed by atoms with Gasteiger partial charge in [0.2, 0.25) is 5.91 Å². The first-order valence-corrected chi connectivity index (χ1v) is 7.21. The van der Waals surface area contributed by atoms with Crippen LogP contribution in [0.5, 0.6) is 5.75 Å². The van der Waals surface area contributed by atoms with Crippen LogP contribution < -0.4 is 10.1 Å². The van der Waals surface area contributed by atoms with Crippen LogP contribution in [0, 0.1) is 0 Å². The van der Waals surface area contributed by atoms with E-state index in [0.717, 1.165) is 11.4 Å². The summed E-state index contributed by atoms with van der Waals surface area (Å²) in [7, 11) is 1.59. The van der Waals surface area contributed by atoms with Crippen molar-refractivity contribution in [2.45, 2.75) is 19.3 Å². The van der Waals surface area contributed by atoms with Gasteiger partial charge in [-0.2, -0.15) is 0 Å². The van der Waals surface area contributed by atoms with Gasteiger partial charge in [0.1, 0.15) is 5.75 Å². The van der Waals surface area contributed by atoms with Gasteiger partial charge in [-0.15, -0.1) is 0 Å². The SMILES string of the molecule is COc1ccc(C(=O)CCCC(=O)Nc2ccccc2)cc1. The standard InChI is InChI=1S/C18H19NO3/c1-22-16-12-10-14(11-13-16)17(20)8-5-9-18(21)19-15-6-3-2-4-7-15/h2-4,6-7,10-13H,5,8-9H2,1H3,(H,19,21). The Hall–Kier alpha value is -2.62. The number of rotatable bonds is 7. The summed E-state index contributed by atoms with van der Waals surface area (Å²) in [6.45, 7) is 0. The summed E-state index contributed by atoms with van der Waals surface area (Å²) >= 11 is 0. The van der Waals surface area contributed by atoms with E-state index in [2.05, 4.69) is 5.32 Å². The lowest BCUT2D eigenvalue weighted by atomic mass is 10.1. The molecule has 0 aliphatic heterocycles. The van der Waals surface area contributed by atoms with Gasteiger partial charge in [-0.1, -0.05) is 18.2 Å². The Labute approximate surface area is 130 Å². The van der Waals surface area contributed by atoms with Crippen LogP contribution >= 0.6 is 0 Å². The Balaban J connectivity index is 1.75. The zero-order valence-corrected chi connectivity index (χ0v) is 12.5. The van der Waals surface area contributed by atoms with Gasteiger partial charge < -0.3 is 10.1 Å². The third-order valence-electron chi connectivity index (χ3n) is 3.28. The van der Waals surface area contributed by atoms with Crippen molar-refractivity contribution in [3.05, 3.63) is 60.2 Å². The average molecular weight is 297 g/mol. The minimum Gasteiger partial charge on any atom is -0.497 e. The zero-order valence-electron chi connectivity index (χ0n) is 12.5. The molecule has 0 heterocycles. The highest BCUT2D eigenvalue weighted by molar-refractivity contribution is 5.96. The number of hydrogen-bond acceptors (Lipinski definition) is 3. The monoisotopic (exact) mass is 297 g/mol. The second-order valence-corrected chi connectivity index (χ2v) is 4.92. The van der Waals surface area contributed by atoms with Gasteiger partial charge >= 0.3 is 0 Å². The lowest BCUT2D eigenvalue weighted by Crippen LogP contribution is -2.11. The first kappa shape index (κ1) is 15.8. The van der Waals surface area contributed by atoms with E-state index >= 15 is 0 Å². The number of amides is 1. The molecule has 0 aliphatic carbocycles. The Kier molecular flexibility index (Phi) is 5.72. The van der Waals surface area contributed by atoms with E-state index in [4.69, 9.17) is 4.74 Å². The number of nitrogens with one attached hydrogen (secondary N) is 1. The number of Topliss-reactive ketones (excluding diaryl/α,β-unsaturated/α-hetero) is 1. The molecule has 0 fully saturated rings. The number of carbonyl (C=O) groups excluding carboxylic acids is 2. The van der Waals surface area contributed by atoms with Crippen LogP contribution in [0.3, 0.4) is 0 Å². The third kappa shape index (κ3) is 4.74. The van der Waals surface area contributed by atoms with Crippen LogP contribution in [0.25, 0.3) is 0 Å². The molecule has 1 amide bonds. The van der Waals surface area contributed by atoms with Crippen LogP contribution in [0.2, 0.25) is 0 Å². The highest BCUT2D eigenvalue weighted by Crippen LogP contribution is 2.14. The van der Waals surface area contributed by atoms with Crippen LogP contribution in [0.15, 0.2) is 54.6 Å². The summed E-state index contributed by atoms with van der Waals surface area (Å²) in [5.74, 6) is 0.683. The fourth-order valence-corrected chi connectivity index (χ4v) is 2.08. The number of methoxy groups -OCH3 is 1. The molecule has 2 aromatic rings. The molecule has 0 spiro atoms. The first-order chi connectivity index (χ1) is 10.7. The maximum Gasteiger partial charge on any atom is 0.224 e. The van der Waals surface area contributed by atoms with E-state index in [0.29, 0.717) is 24.8 Å². The summed E-state index contributed by atoms with van der Waals surface area (Å²) in [4.78, 5) is 23.8. The smallest absolute Gasteiger partial charge is 0.224 e. The van der Waals surface area contributed by atoms with Crippen molar-refractivity contribution in [3.63, 3.8) is 0 Å². The highest BCUT2D eigenvalue weighted by atomic mass is 16.5. The van der Waals surface area contributed by atoms with Gasteiger partial charge in [0, 0.05) is 24.1 Å². The van der Waals surface area contributed by atoms with E-state index in [-0.39, 0.29) is 11.7 Å². The first-order valence-electron chi connectivity index (χ1n) is 7.21. The second kappa shape index (κ2) is 7.98. The normalized spacial score (nSPS) is 10.0. The van der Waals surface area contributed by atoms with Crippen molar-refractivity contribution in [1.29, 1.82) is 0 Å². The minimum atomic E-state index is -0.0752. The van der Waals surface area contributed by atoms with Crippen LogP contribution in [0.1, 0.15) is 29.6 Å². The number of benzene rings is 2. The predicted molar refractivity (Wildman–Crippen MR) is 86.2 cm³/mol. The topological polar surface area (TPSA) is 55.4 Å². The summed E-state index contributed by atoms with van der Waals surface area (Å²) in [5.41, 5.74) is 1.42. The summed E-state index contributed by atoms with van der Waals surface area (Å²) in [5, 5.41) is 2.80. The molecule has 2 aromatic carbocycles. The van der Waals surface area contributed by atoms with E-state index in [1.54, 1.807) is 31.4 Å². The van der Waals surface area contributed by atoms with Crippen LogP contribution in [-0.2, 0) is 4.79 Å². The highest BCUT2D eigenvalue weighted by Gasteiger charge is 2.08. The molecule has 2 rings (SSSR count). The molecule has 0 saturated carbocycles. The van der Waals surface area contributed by atoms with Crippen molar-refractivity contribution in [3.8, 4) is 5.75 Å². The average Bonchev–Trinajstić information content (AvgIpc) is 2.55. The largest absolute Gasteiger partial charge is 0.497 e. The number of para-hydroxylation sites is 1. The minimum absolute atomic E-state index is 0.0372. The molecule has 0 aromatic heterocycles. The number of ketones is 1. The quantitative estimate of drug-likeness (QED) is 0.793. The Morgan fingerprint density at radius 3 is 2.27 bits per heavy atom. The molecule has 0 aliphatic rings.